The lowest BCUT2D eigenvalue weighted by Gasteiger charge is -2.27. The van der Waals surface area contributed by atoms with Crippen molar-refractivity contribution in [2.24, 2.45) is 13.0 Å². The van der Waals surface area contributed by atoms with Gasteiger partial charge in [0.25, 0.3) is 0 Å². The fourth-order valence-electron chi connectivity index (χ4n) is 2.87. The van der Waals surface area contributed by atoms with Crippen LogP contribution in [0, 0.1) is 5.92 Å². The minimum atomic E-state index is 0.378. The highest BCUT2D eigenvalue weighted by molar-refractivity contribution is 5.04. The van der Waals surface area contributed by atoms with E-state index in [0.717, 1.165) is 26.0 Å². The summed E-state index contributed by atoms with van der Waals surface area (Å²) in [6.45, 7) is 6.51. The Morgan fingerprint density at radius 3 is 3.00 bits per heavy atom. The molecule has 3 unspecified atom stereocenters. The van der Waals surface area contributed by atoms with Crippen LogP contribution in [0.25, 0.3) is 0 Å². The zero-order chi connectivity index (χ0) is 13.7. The number of hydrogen-bond acceptors (Lipinski definition) is 3. The molecule has 1 fully saturated rings. The Bertz CT molecular complexity index is 377. The van der Waals surface area contributed by atoms with E-state index >= 15 is 0 Å². The molecule has 2 heterocycles. The summed E-state index contributed by atoms with van der Waals surface area (Å²) in [6, 6.07) is 0.470. The summed E-state index contributed by atoms with van der Waals surface area (Å²) in [5.41, 5.74) is 1.32. The van der Waals surface area contributed by atoms with E-state index in [4.69, 9.17) is 4.74 Å². The highest BCUT2D eigenvalue weighted by Crippen LogP contribution is 2.25. The van der Waals surface area contributed by atoms with Gasteiger partial charge >= 0.3 is 0 Å². The highest BCUT2D eigenvalue weighted by Gasteiger charge is 2.31. The number of aryl methyl sites for hydroxylation is 2. The summed E-state index contributed by atoms with van der Waals surface area (Å²) in [5, 5.41) is 7.90. The van der Waals surface area contributed by atoms with Gasteiger partial charge < -0.3 is 10.1 Å². The third-order valence-electron chi connectivity index (χ3n) is 4.00. The molecule has 4 heteroatoms. The molecule has 0 radical (unpaired) electrons. The Balaban J connectivity index is 1.89. The molecule has 1 aromatic rings. The first-order valence-electron chi connectivity index (χ1n) is 7.53. The van der Waals surface area contributed by atoms with Crippen molar-refractivity contribution in [3.63, 3.8) is 0 Å². The Morgan fingerprint density at radius 1 is 1.58 bits per heavy atom. The van der Waals surface area contributed by atoms with Crippen LogP contribution < -0.4 is 5.32 Å². The second-order valence-electron chi connectivity index (χ2n) is 5.72. The fraction of sp³-hybridized carbons (Fsp3) is 0.800. The topological polar surface area (TPSA) is 39.1 Å². The van der Waals surface area contributed by atoms with Crippen LogP contribution in [0.4, 0.5) is 0 Å². The molecule has 19 heavy (non-hydrogen) atoms. The van der Waals surface area contributed by atoms with Crippen LogP contribution in [0.3, 0.4) is 0 Å². The molecule has 1 saturated heterocycles. The van der Waals surface area contributed by atoms with Gasteiger partial charge in [-0.2, -0.15) is 5.10 Å². The average molecular weight is 265 g/mol. The molecule has 0 spiro atoms. The normalized spacial score (nSPS) is 24.8. The molecule has 3 atom stereocenters. The second-order valence-corrected chi connectivity index (χ2v) is 5.72. The van der Waals surface area contributed by atoms with Crippen molar-refractivity contribution in [3.05, 3.63) is 18.0 Å². The molecule has 1 aliphatic heterocycles. The maximum absolute atomic E-state index is 5.93. The van der Waals surface area contributed by atoms with Gasteiger partial charge in [0, 0.05) is 25.9 Å². The van der Waals surface area contributed by atoms with E-state index in [-0.39, 0.29) is 0 Å². The lowest BCUT2D eigenvalue weighted by molar-refractivity contribution is 0.0584. The van der Waals surface area contributed by atoms with E-state index in [0.29, 0.717) is 18.1 Å². The van der Waals surface area contributed by atoms with Crippen LogP contribution >= 0.6 is 0 Å². The molecule has 0 amide bonds. The monoisotopic (exact) mass is 265 g/mol. The molecule has 0 aromatic carbocycles. The molecular weight excluding hydrogens is 238 g/mol. The predicted octanol–water partition coefficient (Wildman–Crippen LogP) is 2.15. The maximum atomic E-state index is 5.93. The largest absolute Gasteiger partial charge is 0.376 e. The number of rotatable bonds is 7. The summed E-state index contributed by atoms with van der Waals surface area (Å²) in [4.78, 5) is 0. The van der Waals surface area contributed by atoms with Gasteiger partial charge in [-0.05, 0) is 43.7 Å². The third kappa shape index (κ3) is 4.05. The van der Waals surface area contributed by atoms with E-state index in [9.17, 15) is 0 Å². The van der Waals surface area contributed by atoms with Gasteiger partial charge in [-0.1, -0.05) is 13.8 Å². The molecule has 1 N–H and O–H groups in total. The van der Waals surface area contributed by atoms with Crippen molar-refractivity contribution in [1.29, 1.82) is 0 Å². The fourth-order valence-corrected chi connectivity index (χ4v) is 2.87. The lowest BCUT2D eigenvalue weighted by atomic mass is 9.93. The minimum Gasteiger partial charge on any atom is -0.376 e. The zero-order valence-corrected chi connectivity index (χ0v) is 12.4. The van der Waals surface area contributed by atoms with Crippen molar-refractivity contribution in [2.45, 2.75) is 51.7 Å². The van der Waals surface area contributed by atoms with Crippen molar-refractivity contribution in [1.82, 2.24) is 15.1 Å². The first kappa shape index (κ1) is 14.5. The van der Waals surface area contributed by atoms with E-state index in [1.807, 2.05) is 17.9 Å². The second kappa shape index (κ2) is 7.06. The van der Waals surface area contributed by atoms with E-state index in [2.05, 4.69) is 30.5 Å². The summed E-state index contributed by atoms with van der Waals surface area (Å²) < 4.78 is 7.81. The molecule has 2 rings (SSSR count). The van der Waals surface area contributed by atoms with Crippen LogP contribution in [-0.2, 0) is 18.2 Å². The van der Waals surface area contributed by atoms with Crippen molar-refractivity contribution < 1.29 is 4.74 Å². The summed E-state index contributed by atoms with van der Waals surface area (Å²) in [5.74, 6) is 0.670. The van der Waals surface area contributed by atoms with Crippen LogP contribution in [0.2, 0.25) is 0 Å². The standard InChI is InChI=1S/C15H27N3O/c1-4-8-16-14(15-12(2)7-9-19-15)6-5-13-10-17-18(3)11-13/h10-12,14-16H,4-9H2,1-3H3. The lowest BCUT2D eigenvalue weighted by Crippen LogP contribution is -2.42. The van der Waals surface area contributed by atoms with Gasteiger partial charge in [0.05, 0.1) is 12.3 Å². The van der Waals surface area contributed by atoms with Crippen LogP contribution in [0.5, 0.6) is 0 Å². The highest BCUT2D eigenvalue weighted by atomic mass is 16.5. The minimum absolute atomic E-state index is 0.378. The van der Waals surface area contributed by atoms with Crippen molar-refractivity contribution >= 4 is 0 Å². The number of nitrogens with zero attached hydrogens (tertiary/aromatic N) is 2. The number of hydrogen-bond donors (Lipinski definition) is 1. The Kier molecular flexibility index (Phi) is 5.40. The Hall–Kier alpha value is -0.870. The molecule has 4 nitrogen and oxygen atoms in total. The molecule has 1 aromatic heterocycles. The zero-order valence-electron chi connectivity index (χ0n) is 12.4. The first-order valence-corrected chi connectivity index (χ1v) is 7.53. The quantitative estimate of drug-likeness (QED) is 0.821. The molecule has 1 aliphatic rings. The molecule has 0 bridgehead atoms. The maximum Gasteiger partial charge on any atom is 0.0754 e. The van der Waals surface area contributed by atoms with E-state index < -0.39 is 0 Å². The summed E-state index contributed by atoms with van der Waals surface area (Å²) >= 11 is 0. The van der Waals surface area contributed by atoms with E-state index in [1.54, 1.807) is 0 Å². The SMILES string of the molecule is CCCNC(CCc1cnn(C)c1)C1OCCC1C. The summed E-state index contributed by atoms with van der Waals surface area (Å²) in [7, 11) is 1.97. The molecule has 0 saturated carbocycles. The van der Waals surface area contributed by atoms with Gasteiger partial charge in [-0.25, -0.2) is 0 Å². The smallest absolute Gasteiger partial charge is 0.0754 e. The first-order chi connectivity index (χ1) is 9.20. The Labute approximate surface area is 116 Å². The van der Waals surface area contributed by atoms with Gasteiger partial charge in [0.15, 0.2) is 0 Å². The molecular formula is C15H27N3O. The van der Waals surface area contributed by atoms with Crippen molar-refractivity contribution in [3.8, 4) is 0 Å². The van der Waals surface area contributed by atoms with Gasteiger partial charge in [0.1, 0.15) is 0 Å². The van der Waals surface area contributed by atoms with Crippen molar-refractivity contribution in [2.75, 3.05) is 13.2 Å². The van der Waals surface area contributed by atoms with Crippen LogP contribution in [-0.4, -0.2) is 35.1 Å². The summed E-state index contributed by atoms with van der Waals surface area (Å²) in [6.07, 6.45) is 9.02. The van der Waals surface area contributed by atoms with Crippen LogP contribution in [0.15, 0.2) is 12.4 Å². The van der Waals surface area contributed by atoms with Gasteiger partial charge in [-0.3, -0.25) is 4.68 Å². The number of nitrogens with one attached hydrogen (secondary N) is 1. The van der Waals surface area contributed by atoms with Gasteiger partial charge in [-0.15, -0.1) is 0 Å². The van der Waals surface area contributed by atoms with Crippen LogP contribution in [0.1, 0.15) is 38.7 Å². The average Bonchev–Trinajstić information content (AvgIpc) is 2.99. The predicted molar refractivity (Wildman–Crippen MR) is 77.1 cm³/mol. The Morgan fingerprint density at radius 2 is 2.42 bits per heavy atom. The third-order valence-corrected chi connectivity index (χ3v) is 4.00. The van der Waals surface area contributed by atoms with Gasteiger partial charge in [0.2, 0.25) is 0 Å². The van der Waals surface area contributed by atoms with E-state index in [1.165, 1.54) is 18.4 Å². The molecule has 108 valence electrons. The number of ether oxygens (including phenoxy) is 1. The number of aromatic nitrogens is 2. The molecule has 0 aliphatic carbocycles.